The summed E-state index contributed by atoms with van der Waals surface area (Å²) >= 11 is 1.65. The van der Waals surface area contributed by atoms with Gasteiger partial charge >= 0.3 is 0 Å². The van der Waals surface area contributed by atoms with Gasteiger partial charge in [-0.3, -0.25) is 0 Å². The topological polar surface area (TPSA) is 36.9 Å². The van der Waals surface area contributed by atoms with Gasteiger partial charge in [-0.1, -0.05) is 91.0 Å². The van der Waals surface area contributed by atoms with Crippen LogP contribution in [0.4, 0.5) is 0 Å². The summed E-state index contributed by atoms with van der Waals surface area (Å²) in [5.41, 5.74) is 3.24. The molecule has 5 heteroatoms. The molecular formula is C28H32O4S. The molecule has 0 amide bonds. The van der Waals surface area contributed by atoms with Crippen molar-refractivity contribution in [3.63, 3.8) is 0 Å². The molecule has 0 bridgehead atoms. The zero-order valence-electron chi connectivity index (χ0n) is 19.2. The summed E-state index contributed by atoms with van der Waals surface area (Å²) in [6, 6.07) is 30.7. The van der Waals surface area contributed by atoms with Crippen LogP contribution in [0.3, 0.4) is 0 Å². The van der Waals surface area contributed by atoms with Crippen molar-refractivity contribution < 1.29 is 18.9 Å². The molecule has 0 unspecified atom stereocenters. The van der Waals surface area contributed by atoms with Gasteiger partial charge in [0.1, 0.15) is 23.7 Å². The maximum atomic E-state index is 6.53. The second kappa shape index (κ2) is 12.4. The predicted octanol–water partition coefficient (Wildman–Crippen LogP) is 5.85. The molecule has 0 saturated carbocycles. The van der Waals surface area contributed by atoms with Gasteiger partial charge in [0.15, 0.2) is 0 Å². The third-order valence-electron chi connectivity index (χ3n) is 5.82. The van der Waals surface area contributed by atoms with Crippen LogP contribution in [0.25, 0.3) is 0 Å². The Balaban J connectivity index is 1.53. The molecule has 1 heterocycles. The number of thioether (sulfide) groups is 1. The number of rotatable bonds is 10. The van der Waals surface area contributed by atoms with Gasteiger partial charge in [0, 0.05) is 0 Å². The van der Waals surface area contributed by atoms with E-state index >= 15 is 0 Å². The lowest BCUT2D eigenvalue weighted by Crippen LogP contribution is -2.58. The van der Waals surface area contributed by atoms with Crippen LogP contribution in [0.2, 0.25) is 0 Å². The van der Waals surface area contributed by atoms with Crippen LogP contribution in [0, 0.1) is 0 Å². The second-order valence-electron chi connectivity index (χ2n) is 8.23. The first-order valence-corrected chi connectivity index (χ1v) is 12.7. The summed E-state index contributed by atoms with van der Waals surface area (Å²) in [5, 5.41) is 0. The van der Waals surface area contributed by atoms with Crippen LogP contribution < -0.4 is 0 Å². The molecule has 0 spiro atoms. The second-order valence-corrected chi connectivity index (χ2v) is 9.16. The van der Waals surface area contributed by atoms with Crippen molar-refractivity contribution in [3.8, 4) is 0 Å². The Hall–Kier alpha value is -2.15. The first kappa shape index (κ1) is 24.0. The molecule has 4 rings (SSSR count). The lowest BCUT2D eigenvalue weighted by Gasteiger charge is -2.45. The smallest absolute Gasteiger partial charge is 0.132 e. The molecule has 1 fully saturated rings. The molecule has 4 nitrogen and oxygen atoms in total. The van der Waals surface area contributed by atoms with E-state index in [9.17, 15) is 0 Å². The van der Waals surface area contributed by atoms with Crippen molar-refractivity contribution in [2.24, 2.45) is 0 Å². The van der Waals surface area contributed by atoms with Crippen molar-refractivity contribution in [2.45, 2.75) is 56.6 Å². The Bertz CT molecular complexity index is 938. The van der Waals surface area contributed by atoms with E-state index in [1.165, 1.54) is 0 Å². The maximum Gasteiger partial charge on any atom is 0.132 e. The molecule has 0 N–H and O–H groups in total. The highest BCUT2D eigenvalue weighted by Gasteiger charge is 2.46. The average Bonchev–Trinajstić information content (AvgIpc) is 2.87. The van der Waals surface area contributed by atoms with Crippen molar-refractivity contribution >= 4 is 11.8 Å². The van der Waals surface area contributed by atoms with E-state index in [2.05, 4.69) is 49.6 Å². The Morgan fingerprint density at radius 1 is 0.606 bits per heavy atom. The molecule has 1 aliphatic heterocycles. The zero-order valence-corrected chi connectivity index (χ0v) is 20.0. The van der Waals surface area contributed by atoms with Crippen molar-refractivity contribution in [1.29, 1.82) is 0 Å². The molecule has 0 aromatic heterocycles. The normalized spacial score (nSPS) is 25.1. The fourth-order valence-corrected chi connectivity index (χ4v) is 4.85. The Morgan fingerprint density at radius 3 is 1.42 bits per heavy atom. The number of hydrogen-bond donors (Lipinski definition) is 0. The van der Waals surface area contributed by atoms with E-state index in [-0.39, 0.29) is 29.9 Å². The van der Waals surface area contributed by atoms with Gasteiger partial charge in [-0.2, -0.15) is 0 Å². The molecule has 1 saturated heterocycles. The molecule has 0 radical (unpaired) electrons. The summed E-state index contributed by atoms with van der Waals surface area (Å²) in [6.45, 7) is 3.55. The van der Waals surface area contributed by atoms with E-state index in [0.29, 0.717) is 19.8 Å². The van der Waals surface area contributed by atoms with Crippen molar-refractivity contribution in [2.75, 3.05) is 6.26 Å². The van der Waals surface area contributed by atoms with E-state index in [0.717, 1.165) is 16.7 Å². The molecule has 5 atom stereocenters. The number of hydrogen-bond acceptors (Lipinski definition) is 5. The molecule has 0 aliphatic carbocycles. The van der Waals surface area contributed by atoms with Crippen LogP contribution in [-0.4, -0.2) is 36.1 Å². The number of ether oxygens (including phenoxy) is 4. The van der Waals surface area contributed by atoms with E-state index in [1.54, 1.807) is 11.8 Å². The van der Waals surface area contributed by atoms with Gasteiger partial charge in [0.2, 0.25) is 0 Å². The molecule has 174 valence electrons. The van der Waals surface area contributed by atoms with Crippen LogP contribution in [-0.2, 0) is 38.8 Å². The standard InChI is InChI=1S/C28H32O4S/c1-21-25(29-18-22-12-6-3-7-13-22)26(30-19-23-14-8-4-9-15-23)27(28(32-21)33-2)31-20-24-16-10-5-11-17-24/h3-17,21,25-28H,18-20H2,1-2H3/t21-,25+,26+,27-,28-/m0/s1. The lowest BCUT2D eigenvalue weighted by atomic mass is 9.99. The first-order valence-electron chi connectivity index (χ1n) is 11.4. The molecule has 33 heavy (non-hydrogen) atoms. The van der Waals surface area contributed by atoms with Crippen LogP contribution in [0.1, 0.15) is 23.6 Å². The maximum absolute atomic E-state index is 6.53. The molecular weight excluding hydrogens is 432 g/mol. The highest BCUT2D eigenvalue weighted by molar-refractivity contribution is 7.99. The van der Waals surface area contributed by atoms with Crippen LogP contribution >= 0.6 is 11.8 Å². The van der Waals surface area contributed by atoms with Crippen molar-refractivity contribution in [1.82, 2.24) is 0 Å². The minimum atomic E-state index is -0.265. The summed E-state index contributed by atoms with van der Waals surface area (Å²) < 4.78 is 25.8. The molecule has 3 aromatic carbocycles. The quantitative estimate of drug-likeness (QED) is 0.376. The fraction of sp³-hybridized carbons (Fsp3) is 0.357. The average molecular weight is 465 g/mol. The monoisotopic (exact) mass is 464 g/mol. The van der Waals surface area contributed by atoms with E-state index < -0.39 is 0 Å². The highest BCUT2D eigenvalue weighted by atomic mass is 32.2. The zero-order chi connectivity index (χ0) is 22.9. The third kappa shape index (κ3) is 6.69. The highest BCUT2D eigenvalue weighted by Crippen LogP contribution is 2.34. The van der Waals surface area contributed by atoms with Gasteiger partial charge in [0.25, 0.3) is 0 Å². The van der Waals surface area contributed by atoms with Gasteiger partial charge < -0.3 is 18.9 Å². The third-order valence-corrected chi connectivity index (χ3v) is 6.66. The number of benzene rings is 3. The van der Waals surface area contributed by atoms with Gasteiger partial charge in [-0.05, 0) is 29.9 Å². The summed E-state index contributed by atoms with van der Waals surface area (Å²) in [5.74, 6) is 0. The van der Waals surface area contributed by atoms with Gasteiger partial charge in [-0.15, -0.1) is 11.8 Å². The van der Waals surface area contributed by atoms with E-state index in [4.69, 9.17) is 18.9 Å². The van der Waals surface area contributed by atoms with Crippen LogP contribution in [0.15, 0.2) is 91.0 Å². The summed E-state index contributed by atoms with van der Waals surface area (Å²) in [4.78, 5) is 0. The van der Waals surface area contributed by atoms with Crippen molar-refractivity contribution in [3.05, 3.63) is 108 Å². The molecule has 3 aromatic rings. The Morgan fingerprint density at radius 2 is 1.00 bits per heavy atom. The van der Waals surface area contributed by atoms with Crippen LogP contribution in [0.5, 0.6) is 0 Å². The summed E-state index contributed by atoms with van der Waals surface area (Å²) in [6.07, 6.45) is 1.15. The first-order chi connectivity index (χ1) is 16.2. The fourth-order valence-electron chi connectivity index (χ4n) is 4.06. The van der Waals surface area contributed by atoms with E-state index in [1.807, 2.05) is 54.6 Å². The minimum absolute atomic E-state index is 0.122. The predicted molar refractivity (Wildman–Crippen MR) is 133 cm³/mol. The van der Waals surface area contributed by atoms with Gasteiger partial charge in [-0.25, -0.2) is 0 Å². The Labute approximate surface area is 201 Å². The Kier molecular flexibility index (Phi) is 8.98. The van der Waals surface area contributed by atoms with Gasteiger partial charge in [0.05, 0.1) is 25.9 Å². The largest absolute Gasteiger partial charge is 0.368 e. The lowest BCUT2D eigenvalue weighted by molar-refractivity contribution is -0.242. The summed E-state index contributed by atoms with van der Waals surface area (Å²) in [7, 11) is 0. The SMILES string of the molecule is CS[C@@H]1O[C@@H](C)[C@@H](OCc2ccccc2)[C@@H](OCc2ccccc2)[C@@H]1OCc1ccccc1. The molecule has 1 aliphatic rings. The minimum Gasteiger partial charge on any atom is -0.368 e.